The summed E-state index contributed by atoms with van der Waals surface area (Å²) in [6.07, 6.45) is 0. The number of hydrogen-bond donors (Lipinski definition) is 0. The predicted octanol–water partition coefficient (Wildman–Crippen LogP) is 3.15. The van der Waals surface area contributed by atoms with Gasteiger partial charge in [-0.25, -0.2) is 0 Å². The van der Waals surface area contributed by atoms with E-state index < -0.39 is 18.6 Å². The lowest BCUT2D eigenvalue weighted by atomic mass is 10.0. The third-order valence-electron chi connectivity index (χ3n) is 1.81. The maximum Gasteiger partial charge on any atom is 0.308 e. The molecule has 1 radical (unpaired) electrons. The van der Waals surface area contributed by atoms with Crippen molar-refractivity contribution in [1.82, 2.24) is 0 Å². The van der Waals surface area contributed by atoms with Gasteiger partial charge >= 0.3 is 5.97 Å². The molecule has 1 rings (SSSR count). The molecule has 0 aromatic heterocycles. The number of carbonyl (C=O) groups excluding carboxylic acids is 1. The van der Waals surface area contributed by atoms with Crippen LogP contribution in [0, 0.1) is 6.92 Å². The van der Waals surface area contributed by atoms with E-state index in [1.54, 1.807) is 12.1 Å². The Morgan fingerprint density at radius 2 is 2.27 bits per heavy atom. The van der Waals surface area contributed by atoms with Gasteiger partial charge in [-0.1, -0.05) is 11.6 Å². The Kier molecular flexibility index (Phi) is 4.09. The molecule has 0 bridgehead atoms. The van der Waals surface area contributed by atoms with Crippen LogP contribution in [0.4, 0.5) is 4.39 Å². The minimum atomic E-state index is -0.583. The first-order valence-corrected chi connectivity index (χ1v) is 4.78. The van der Waals surface area contributed by atoms with Gasteiger partial charge in [-0.15, -0.1) is 0 Å². The lowest BCUT2D eigenvalue weighted by molar-refractivity contribution is -0.131. The third kappa shape index (κ3) is 3.51. The van der Waals surface area contributed by atoms with E-state index in [0.29, 0.717) is 16.3 Å². The van der Waals surface area contributed by atoms with Gasteiger partial charge in [-0.2, -0.15) is 0 Å². The largest absolute Gasteiger partial charge is 0.427 e. The number of benzene rings is 1. The Morgan fingerprint density at radius 1 is 1.60 bits per heavy atom. The molecule has 0 aliphatic rings. The molecule has 1 aromatic carbocycles. The van der Waals surface area contributed by atoms with Gasteiger partial charge in [0.25, 0.3) is 0 Å². The Hall–Kier alpha value is -1.09. The molecule has 15 heavy (non-hydrogen) atoms. The molecular weight excluding hydrogens is 219 g/mol. The molecule has 0 fully saturated rings. The highest BCUT2D eigenvalue weighted by atomic mass is 35.5. The molecular formula is C11H11ClFO2. The van der Waals surface area contributed by atoms with E-state index in [0.717, 1.165) is 0 Å². The Bertz CT molecular complexity index is 366. The van der Waals surface area contributed by atoms with Crippen LogP contribution in [0.2, 0.25) is 5.02 Å². The predicted molar refractivity (Wildman–Crippen MR) is 56.8 cm³/mol. The first kappa shape index (κ1) is 12.0. The normalized spacial score (nSPS) is 12.3. The van der Waals surface area contributed by atoms with Gasteiger partial charge in [0.05, 0.1) is 6.67 Å². The fourth-order valence-corrected chi connectivity index (χ4v) is 1.37. The monoisotopic (exact) mass is 229 g/mol. The van der Waals surface area contributed by atoms with E-state index in [1.807, 2.05) is 0 Å². The van der Waals surface area contributed by atoms with Crippen molar-refractivity contribution < 1.29 is 13.9 Å². The second kappa shape index (κ2) is 5.12. The number of rotatable bonds is 3. The summed E-state index contributed by atoms with van der Waals surface area (Å²) in [5, 5.41) is 0.394. The Labute approximate surface area is 93.0 Å². The fraction of sp³-hybridized carbons (Fsp3) is 0.273. The molecule has 0 saturated heterocycles. The van der Waals surface area contributed by atoms with Crippen LogP contribution in [0.3, 0.4) is 0 Å². The first-order chi connectivity index (χ1) is 7.02. The number of halogens is 2. The molecule has 81 valence electrons. The number of alkyl halides is 1. The van der Waals surface area contributed by atoms with E-state index in [9.17, 15) is 9.18 Å². The maximum atomic E-state index is 12.4. The van der Waals surface area contributed by atoms with Crippen molar-refractivity contribution >= 4 is 17.6 Å². The standard InChI is InChI=1S/C11H11ClFO2/c1-7(6-13)9-3-10(12)5-11(4-9)15-8(2)14/h3-5,7H,1,6H2,2H3. The highest BCUT2D eigenvalue weighted by Crippen LogP contribution is 2.26. The van der Waals surface area contributed by atoms with Gasteiger partial charge in [0.1, 0.15) is 5.75 Å². The van der Waals surface area contributed by atoms with E-state index in [4.69, 9.17) is 16.3 Å². The molecule has 4 heteroatoms. The molecule has 2 nitrogen and oxygen atoms in total. The highest BCUT2D eigenvalue weighted by Gasteiger charge is 2.09. The van der Waals surface area contributed by atoms with Crippen LogP contribution in [-0.4, -0.2) is 12.6 Å². The van der Waals surface area contributed by atoms with Crippen LogP contribution in [0.25, 0.3) is 0 Å². The minimum absolute atomic E-state index is 0.312. The number of hydrogen-bond acceptors (Lipinski definition) is 2. The van der Waals surface area contributed by atoms with Crippen LogP contribution in [-0.2, 0) is 4.79 Å². The van der Waals surface area contributed by atoms with E-state index >= 15 is 0 Å². The molecule has 0 heterocycles. The van der Waals surface area contributed by atoms with Crippen LogP contribution >= 0.6 is 11.6 Å². The summed E-state index contributed by atoms with van der Waals surface area (Å²) in [7, 11) is 0. The quantitative estimate of drug-likeness (QED) is 0.588. The van der Waals surface area contributed by atoms with Crippen LogP contribution in [0.15, 0.2) is 18.2 Å². The second-order valence-electron chi connectivity index (χ2n) is 3.17. The number of esters is 1. The van der Waals surface area contributed by atoms with Gasteiger partial charge in [-0.3, -0.25) is 9.18 Å². The van der Waals surface area contributed by atoms with Crippen molar-refractivity contribution in [2.75, 3.05) is 6.67 Å². The summed E-state index contributed by atoms with van der Waals surface area (Å²) in [6, 6.07) is 4.66. The van der Waals surface area contributed by atoms with Crippen molar-refractivity contribution in [3.63, 3.8) is 0 Å². The zero-order valence-electron chi connectivity index (χ0n) is 8.30. The summed E-state index contributed by atoms with van der Waals surface area (Å²) in [5.41, 5.74) is 0.612. The molecule has 0 aliphatic heterocycles. The topological polar surface area (TPSA) is 26.3 Å². The second-order valence-corrected chi connectivity index (χ2v) is 3.60. The average molecular weight is 230 g/mol. The van der Waals surface area contributed by atoms with Crippen molar-refractivity contribution in [1.29, 1.82) is 0 Å². The SMILES string of the molecule is [CH2]C(CF)c1cc(Cl)cc(OC(C)=O)c1. The van der Waals surface area contributed by atoms with E-state index in [-0.39, 0.29) is 0 Å². The first-order valence-electron chi connectivity index (χ1n) is 4.41. The van der Waals surface area contributed by atoms with Gasteiger partial charge in [0.15, 0.2) is 0 Å². The molecule has 0 spiro atoms. The summed E-state index contributed by atoms with van der Waals surface area (Å²) >= 11 is 5.79. The zero-order valence-corrected chi connectivity index (χ0v) is 9.05. The van der Waals surface area contributed by atoms with Crippen molar-refractivity contribution in [2.24, 2.45) is 0 Å². The van der Waals surface area contributed by atoms with Gasteiger partial charge in [-0.05, 0) is 30.7 Å². The molecule has 1 atom stereocenters. The summed E-state index contributed by atoms with van der Waals surface area (Å²) in [4.78, 5) is 10.7. The molecule has 1 unspecified atom stereocenters. The summed E-state index contributed by atoms with van der Waals surface area (Å²) in [6.45, 7) is 4.32. The van der Waals surface area contributed by atoms with Gasteiger partial charge in [0, 0.05) is 17.9 Å². The van der Waals surface area contributed by atoms with E-state index in [2.05, 4.69) is 6.92 Å². The average Bonchev–Trinajstić information content (AvgIpc) is 2.14. The zero-order chi connectivity index (χ0) is 11.4. The van der Waals surface area contributed by atoms with Gasteiger partial charge < -0.3 is 4.74 Å². The lowest BCUT2D eigenvalue weighted by Crippen LogP contribution is -2.03. The minimum Gasteiger partial charge on any atom is -0.427 e. The summed E-state index contributed by atoms with van der Waals surface area (Å²) < 4.78 is 17.2. The maximum absolute atomic E-state index is 12.4. The fourth-order valence-electron chi connectivity index (χ4n) is 1.13. The number of ether oxygens (including phenoxy) is 1. The summed E-state index contributed by atoms with van der Waals surface area (Å²) in [5.74, 6) is -0.630. The van der Waals surface area contributed by atoms with Crippen LogP contribution < -0.4 is 4.74 Å². The van der Waals surface area contributed by atoms with Crippen molar-refractivity contribution in [3.05, 3.63) is 35.7 Å². The van der Waals surface area contributed by atoms with Crippen LogP contribution in [0.5, 0.6) is 5.75 Å². The highest BCUT2D eigenvalue weighted by molar-refractivity contribution is 6.30. The van der Waals surface area contributed by atoms with Crippen molar-refractivity contribution in [3.8, 4) is 5.75 Å². The Balaban J connectivity index is 2.99. The molecule has 0 N–H and O–H groups in total. The number of carbonyl (C=O) groups is 1. The van der Waals surface area contributed by atoms with E-state index in [1.165, 1.54) is 13.0 Å². The molecule has 0 amide bonds. The van der Waals surface area contributed by atoms with Gasteiger partial charge in [0.2, 0.25) is 0 Å². The van der Waals surface area contributed by atoms with Crippen molar-refractivity contribution in [2.45, 2.75) is 12.8 Å². The molecule has 0 saturated carbocycles. The molecule has 1 aromatic rings. The smallest absolute Gasteiger partial charge is 0.308 e. The van der Waals surface area contributed by atoms with Crippen LogP contribution in [0.1, 0.15) is 18.4 Å². The third-order valence-corrected chi connectivity index (χ3v) is 2.03. The molecule has 0 aliphatic carbocycles. The lowest BCUT2D eigenvalue weighted by Gasteiger charge is -2.09. The Morgan fingerprint density at radius 3 is 2.80 bits per heavy atom.